The van der Waals surface area contributed by atoms with Crippen LogP contribution >= 0.6 is 0 Å². The minimum absolute atomic E-state index is 0.129. The van der Waals surface area contributed by atoms with Crippen molar-refractivity contribution in [1.29, 1.82) is 5.26 Å². The lowest BCUT2D eigenvalue weighted by molar-refractivity contribution is 0.447. The van der Waals surface area contributed by atoms with Gasteiger partial charge in [0.05, 0.1) is 17.7 Å². The molecule has 2 aromatic carbocycles. The van der Waals surface area contributed by atoms with Gasteiger partial charge in [0.25, 0.3) is 0 Å². The Bertz CT molecular complexity index is 594. The molecule has 0 aliphatic rings. The fourth-order valence-electron chi connectivity index (χ4n) is 2.58. The van der Waals surface area contributed by atoms with Crippen LogP contribution in [0.15, 0.2) is 54.6 Å². The zero-order valence-electron chi connectivity index (χ0n) is 12.7. The highest BCUT2D eigenvalue weighted by Crippen LogP contribution is 2.24. The minimum atomic E-state index is 0.129. The molecule has 2 rings (SSSR count). The maximum absolute atomic E-state index is 9.12. The van der Waals surface area contributed by atoms with Crippen molar-refractivity contribution in [2.24, 2.45) is 0 Å². The summed E-state index contributed by atoms with van der Waals surface area (Å²) in [5.41, 5.74) is 3.09. The van der Waals surface area contributed by atoms with Crippen LogP contribution < -0.4 is 5.32 Å². The summed E-state index contributed by atoms with van der Waals surface area (Å²) in [5, 5.41) is 12.8. The van der Waals surface area contributed by atoms with Crippen LogP contribution in [0.4, 0.5) is 0 Å². The number of rotatable bonds is 6. The lowest BCUT2D eigenvalue weighted by atomic mass is 9.96. The number of benzene rings is 2. The van der Waals surface area contributed by atoms with E-state index in [9.17, 15) is 0 Å². The monoisotopic (exact) mass is 278 g/mol. The predicted octanol–water partition coefficient (Wildman–Crippen LogP) is 4.43. The van der Waals surface area contributed by atoms with Gasteiger partial charge in [0.1, 0.15) is 0 Å². The minimum Gasteiger partial charge on any atom is -0.303 e. The van der Waals surface area contributed by atoms with E-state index >= 15 is 0 Å². The molecule has 1 atom stereocenters. The molecule has 0 aliphatic heterocycles. The quantitative estimate of drug-likeness (QED) is 0.848. The molecule has 0 amide bonds. The normalized spacial score (nSPS) is 12.1. The summed E-state index contributed by atoms with van der Waals surface area (Å²) in [5.74, 6) is 0. The van der Waals surface area contributed by atoms with Crippen molar-refractivity contribution in [2.75, 3.05) is 0 Å². The van der Waals surface area contributed by atoms with Gasteiger partial charge in [0.2, 0.25) is 0 Å². The van der Waals surface area contributed by atoms with Gasteiger partial charge in [-0.2, -0.15) is 5.26 Å². The third kappa shape index (κ3) is 3.93. The first kappa shape index (κ1) is 15.3. The van der Waals surface area contributed by atoms with Gasteiger partial charge in [-0.3, -0.25) is 0 Å². The third-order valence-electron chi connectivity index (χ3n) is 3.87. The van der Waals surface area contributed by atoms with E-state index in [0.29, 0.717) is 11.6 Å². The average molecular weight is 278 g/mol. The summed E-state index contributed by atoms with van der Waals surface area (Å²) < 4.78 is 0. The van der Waals surface area contributed by atoms with Crippen molar-refractivity contribution in [3.8, 4) is 6.07 Å². The Morgan fingerprint density at radius 3 is 2.24 bits per heavy atom. The first-order chi connectivity index (χ1) is 10.3. The topological polar surface area (TPSA) is 35.8 Å². The molecule has 2 heteroatoms. The van der Waals surface area contributed by atoms with Crippen molar-refractivity contribution in [1.82, 2.24) is 5.32 Å². The summed E-state index contributed by atoms with van der Waals surface area (Å²) in [4.78, 5) is 0. The highest BCUT2D eigenvalue weighted by atomic mass is 14.9. The summed E-state index contributed by atoms with van der Waals surface area (Å²) >= 11 is 0. The van der Waals surface area contributed by atoms with Crippen molar-refractivity contribution in [3.63, 3.8) is 0 Å². The molecule has 0 heterocycles. The fraction of sp³-hybridized carbons (Fsp3) is 0.316. The van der Waals surface area contributed by atoms with Crippen LogP contribution in [0.1, 0.15) is 49.4 Å². The largest absolute Gasteiger partial charge is 0.303 e. The molecule has 0 spiro atoms. The highest BCUT2D eigenvalue weighted by Gasteiger charge is 2.17. The lowest BCUT2D eigenvalue weighted by Gasteiger charge is -2.25. The lowest BCUT2D eigenvalue weighted by Crippen LogP contribution is -2.32. The Morgan fingerprint density at radius 1 is 0.952 bits per heavy atom. The second-order valence-corrected chi connectivity index (χ2v) is 5.26. The highest BCUT2D eigenvalue weighted by molar-refractivity contribution is 5.38. The van der Waals surface area contributed by atoms with Crippen LogP contribution in [0.2, 0.25) is 0 Å². The van der Waals surface area contributed by atoms with Gasteiger partial charge < -0.3 is 5.32 Å². The summed E-state index contributed by atoms with van der Waals surface area (Å²) in [6, 6.07) is 21.1. The average Bonchev–Trinajstić information content (AvgIpc) is 2.57. The van der Waals surface area contributed by atoms with Gasteiger partial charge in [0.15, 0.2) is 0 Å². The van der Waals surface area contributed by atoms with Crippen molar-refractivity contribution in [3.05, 3.63) is 71.3 Å². The Hall–Kier alpha value is -2.11. The second-order valence-electron chi connectivity index (χ2n) is 5.26. The number of hydrogen-bond acceptors (Lipinski definition) is 2. The third-order valence-corrected chi connectivity index (χ3v) is 3.87. The Kier molecular flexibility index (Phi) is 5.54. The molecule has 0 fully saturated rings. The van der Waals surface area contributed by atoms with E-state index in [1.165, 1.54) is 5.56 Å². The van der Waals surface area contributed by atoms with E-state index in [1.54, 1.807) is 0 Å². The van der Waals surface area contributed by atoms with Gasteiger partial charge >= 0.3 is 0 Å². The smallest absolute Gasteiger partial charge is 0.0991 e. The second kappa shape index (κ2) is 7.61. The van der Waals surface area contributed by atoms with Crippen molar-refractivity contribution < 1.29 is 0 Å². The van der Waals surface area contributed by atoms with E-state index in [0.717, 1.165) is 18.4 Å². The van der Waals surface area contributed by atoms with Gasteiger partial charge in [0, 0.05) is 6.04 Å². The molecule has 0 aromatic heterocycles. The van der Waals surface area contributed by atoms with Crippen LogP contribution in [0.25, 0.3) is 0 Å². The van der Waals surface area contributed by atoms with E-state index in [1.807, 2.05) is 24.3 Å². The Balaban J connectivity index is 2.38. The van der Waals surface area contributed by atoms with Crippen LogP contribution in [0.5, 0.6) is 0 Å². The maximum atomic E-state index is 9.12. The molecule has 1 unspecified atom stereocenters. The molecule has 0 aliphatic carbocycles. The van der Waals surface area contributed by atoms with Crippen LogP contribution in [0.3, 0.4) is 0 Å². The summed E-state index contributed by atoms with van der Waals surface area (Å²) in [6.07, 6.45) is 2.19. The number of nitrogens with zero attached hydrogens (tertiary/aromatic N) is 1. The van der Waals surface area contributed by atoms with Crippen molar-refractivity contribution >= 4 is 0 Å². The molecule has 0 saturated heterocycles. The molecule has 0 saturated carbocycles. The molecular formula is C19H22N2. The molecule has 0 radical (unpaired) electrons. The van der Waals surface area contributed by atoms with E-state index < -0.39 is 0 Å². The van der Waals surface area contributed by atoms with Crippen molar-refractivity contribution in [2.45, 2.75) is 38.8 Å². The number of nitrogens with one attached hydrogen (secondary N) is 1. The van der Waals surface area contributed by atoms with Gasteiger partial charge in [-0.1, -0.05) is 56.3 Å². The van der Waals surface area contributed by atoms with E-state index in [2.05, 4.69) is 55.6 Å². The predicted molar refractivity (Wildman–Crippen MR) is 86.9 cm³/mol. The Labute approximate surface area is 127 Å². The van der Waals surface area contributed by atoms with Gasteiger partial charge in [-0.15, -0.1) is 0 Å². The zero-order valence-corrected chi connectivity index (χ0v) is 12.7. The molecule has 0 bridgehead atoms. The zero-order chi connectivity index (χ0) is 15.1. The summed E-state index contributed by atoms with van der Waals surface area (Å²) in [7, 11) is 0. The maximum Gasteiger partial charge on any atom is 0.0991 e. The Morgan fingerprint density at radius 2 is 1.62 bits per heavy atom. The number of nitriles is 1. The van der Waals surface area contributed by atoms with Gasteiger partial charge in [-0.05, 0) is 36.1 Å². The first-order valence-corrected chi connectivity index (χ1v) is 7.59. The van der Waals surface area contributed by atoms with Crippen LogP contribution in [-0.2, 0) is 0 Å². The molecule has 21 heavy (non-hydrogen) atoms. The SMILES string of the molecule is CCC(CC)NC(c1ccccc1)c1cccc(C#N)c1. The van der Waals surface area contributed by atoms with Gasteiger partial charge in [-0.25, -0.2) is 0 Å². The standard InChI is InChI=1S/C19H22N2/c1-3-18(4-2)21-19(16-10-6-5-7-11-16)17-12-8-9-15(13-17)14-20/h5-13,18-19,21H,3-4H2,1-2H3. The fourth-order valence-corrected chi connectivity index (χ4v) is 2.58. The summed E-state index contributed by atoms with van der Waals surface area (Å²) in [6.45, 7) is 4.41. The first-order valence-electron chi connectivity index (χ1n) is 7.59. The number of hydrogen-bond donors (Lipinski definition) is 1. The molecule has 2 nitrogen and oxygen atoms in total. The molecule has 108 valence electrons. The molecule has 2 aromatic rings. The molecular weight excluding hydrogens is 256 g/mol. The van der Waals surface area contributed by atoms with E-state index in [-0.39, 0.29) is 6.04 Å². The molecule has 1 N–H and O–H groups in total. The van der Waals surface area contributed by atoms with Crippen LogP contribution in [-0.4, -0.2) is 6.04 Å². The van der Waals surface area contributed by atoms with E-state index in [4.69, 9.17) is 5.26 Å². The van der Waals surface area contributed by atoms with Crippen LogP contribution in [0, 0.1) is 11.3 Å².